The Hall–Kier alpha value is -1.13. The van der Waals surface area contributed by atoms with Gasteiger partial charge in [-0.3, -0.25) is 4.79 Å². The van der Waals surface area contributed by atoms with Crippen LogP contribution in [0.3, 0.4) is 0 Å². The normalized spacial score (nSPS) is 15.4. The zero-order valence-electron chi connectivity index (χ0n) is 9.79. The van der Waals surface area contributed by atoms with E-state index >= 15 is 0 Å². The number of halogens is 2. The molecule has 5 heteroatoms. The molecule has 1 unspecified atom stereocenters. The second kappa shape index (κ2) is 4.27. The van der Waals surface area contributed by atoms with Crippen LogP contribution in [0.15, 0.2) is 18.2 Å². The molecule has 0 saturated carbocycles. The van der Waals surface area contributed by atoms with E-state index in [4.69, 9.17) is 16.7 Å². The molecular weight excluding hydrogens is 247 g/mol. The fourth-order valence-electron chi connectivity index (χ4n) is 1.37. The molecule has 0 bridgehead atoms. The summed E-state index contributed by atoms with van der Waals surface area (Å²) >= 11 is 5.62. The largest absolute Gasteiger partial charge is 0.481 e. The van der Waals surface area contributed by atoms with Gasteiger partial charge in [0.2, 0.25) is 0 Å². The molecule has 3 nitrogen and oxygen atoms in total. The first-order valence-corrected chi connectivity index (χ1v) is 5.40. The van der Waals surface area contributed by atoms with E-state index in [1.165, 1.54) is 32.9 Å². The van der Waals surface area contributed by atoms with Gasteiger partial charge in [-0.15, -0.1) is 0 Å². The molecular formula is C12H14ClFO3. The predicted octanol–water partition coefficient (Wildman–Crippen LogP) is 2.80. The van der Waals surface area contributed by atoms with E-state index in [9.17, 15) is 14.3 Å². The highest BCUT2D eigenvalue weighted by molar-refractivity contribution is 6.30. The van der Waals surface area contributed by atoms with Gasteiger partial charge in [-0.1, -0.05) is 17.7 Å². The monoisotopic (exact) mass is 260 g/mol. The summed E-state index contributed by atoms with van der Waals surface area (Å²) in [6.07, 6.45) is 0. The summed E-state index contributed by atoms with van der Waals surface area (Å²) in [7, 11) is 0. The number of aliphatic hydroxyl groups is 1. The molecule has 17 heavy (non-hydrogen) atoms. The van der Waals surface area contributed by atoms with Crippen molar-refractivity contribution >= 4 is 17.6 Å². The van der Waals surface area contributed by atoms with Gasteiger partial charge in [-0.25, -0.2) is 4.39 Å². The molecule has 1 rings (SSSR count). The number of carbonyl (C=O) groups is 1. The minimum absolute atomic E-state index is 0.149. The SMILES string of the molecule is CC(C)(C(=O)O)C(C)(O)c1ccc(F)c(Cl)c1. The molecule has 0 aliphatic heterocycles. The van der Waals surface area contributed by atoms with Gasteiger partial charge in [-0.2, -0.15) is 0 Å². The average Bonchev–Trinajstić information content (AvgIpc) is 2.21. The van der Waals surface area contributed by atoms with Gasteiger partial charge >= 0.3 is 5.97 Å². The van der Waals surface area contributed by atoms with Crippen LogP contribution in [-0.4, -0.2) is 16.2 Å². The maximum absolute atomic E-state index is 13.0. The molecule has 0 spiro atoms. The third kappa shape index (κ3) is 2.28. The van der Waals surface area contributed by atoms with Crippen molar-refractivity contribution in [2.75, 3.05) is 0 Å². The summed E-state index contributed by atoms with van der Waals surface area (Å²) < 4.78 is 13.0. The summed E-state index contributed by atoms with van der Waals surface area (Å²) in [6.45, 7) is 4.16. The Morgan fingerprint density at radius 2 is 1.88 bits per heavy atom. The summed E-state index contributed by atoms with van der Waals surface area (Å²) in [5.74, 6) is -1.76. The highest BCUT2D eigenvalue weighted by atomic mass is 35.5. The topological polar surface area (TPSA) is 57.5 Å². The molecule has 1 aromatic rings. The summed E-state index contributed by atoms with van der Waals surface area (Å²) in [5, 5.41) is 19.3. The number of carboxylic acids is 1. The number of rotatable bonds is 3. The second-order valence-electron chi connectivity index (χ2n) is 4.63. The summed E-state index contributed by atoms with van der Waals surface area (Å²) in [5.41, 5.74) is -2.82. The molecule has 0 aliphatic carbocycles. The van der Waals surface area contributed by atoms with Crippen LogP contribution in [0.4, 0.5) is 4.39 Å². The molecule has 0 fully saturated rings. The van der Waals surface area contributed by atoms with Gasteiger partial charge in [-0.05, 0) is 38.5 Å². The Balaban J connectivity index is 3.30. The number of benzene rings is 1. The van der Waals surface area contributed by atoms with E-state index < -0.39 is 22.8 Å². The fourth-order valence-corrected chi connectivity index (χ4v) is 1.55. The van der Waals surface area contributed by atoms with Gasteiger partial charge in [0, 0.05) is 0 Å². The molecule has 1 aromatic carbocycles. The van der Waals surface area contributed by atoms with Crippen molar-refractivity contribution in [1.82, 2.24) is 0 Å². The van der Waals surface area contributed by atoms with Crippen molar-refractivity contribution in [3.05, 3.63) is 34.6 Å². The van der Waals surface area contributed by atoms with E-state index in [1.54, 1.807) is 0 Å². The number of aliphatic carboxylic acids is 1. The number of hydrogen-bond acceptors (Lipinski definition) is 2. The van der Waals surface area contributed by atoms with Gasteiger partial charge in [0.15, 0.2) is 0 Å². The first-order valence-electron chi connectivity index (χ1n) is 5.02. The Bertz CT molecular complexity index is 455. The van der Waals surface area contributed by atoms with Crippen molar-refractivity contribution in [2.24, 2.45) is 5.41 Å². The van der Waals surface area contributed by atoms with Crippen LogP contribution in [0.25, 0.3) is 0 Å². The summed E-state index contributed by atoms with van der Waals surface area (Å²) in [6, 6.07) is 3.66. The molecule has 2 N–H and O–H groups in total. The van der Waals surface area contributed by atoms with E-state index in [2.05, 4.69) is 0 Å². The quantitative estimate of drug-likeness (QED) is 0.879. The Labute approximate surface area is 104 Å². The Morgan fingerprint density at radius 3 is 2.29 bits per heavy atom. The minimum Gasteiger partial charge on any atom is -0.481 e. The highest BCUT2D eigenvalue weighted by Gasteiger charge is 2.46. The lowest BCUT2D eigenvalue weighted by Crippen LogP contribution is -2.45. The van der Waals surface area contributed by atoms with Gasteiger partial charge in [0.25, 0.3) is 0 Å². The second-order valence-corrected chi connectivity index (χ2v) is 5.04. The van der Waals surface area contributed by atoms with Crippen LogP contribution < -0.4 is 0 Å². The maximum atomic E-state index is 13.0. The molecule has 1 atom stereocenters. The van der Waals surface area contributed by atoms with Crippen molar-refractivity contribution in [3.63, 3.8) is 0 Å². The molecule has 0 radical (unpaired) electrons. The van der Waals surface area contributed by atoms with E-state index in [0.717, 1.165) is 6.07 Å². The smallest absolute Gasteiger partial charge is 0.312 e. The van der Waals surface area contributed by atoms with Crippen LogP contribution in [-0.2, 0) is 10.4 Å². The third-order valence-corrected chi connectivity index (χ3v) is 3.52. The maximum Gasteiger partial charge on any atom is 0.312 e. The van der Waals surface area contributed by atoms with Crippen LogP contribution in [0.2, 0.25) is 5.02 Å². The molecule has 0 heterocycles. The van der Waals surface area contributed by atoms with Crippen molar-refractivity contribution in [3.8, 4) is 0 Å². The standard InChI is InChI=1S/C12H14ClFO3/c1-11(2,10(15)16)12(3,17)7-4-5-9(14)8(13)6-7/h4-6,17H,1-3H3,(H,15,16). The van der Waals surface area contributed by atoms with Gasteiger partial charge in [0.1, 0.15) is 11.4 Å². The highest BCUT2D eigenvalue weighted by Crippen LogP contribution is 2.40. The third-order valence-electron chi connectivity index (χ3n) is 3.23. The van der Waals surface area contributed by atoms with Crippen LogP contribution in [0.1, 0.15) is 26.3 Å². The molecule has 0 aliphatic rings. The lowest BCUT2D eigenvalue weighted by Gasteiger charge is -2.37. The van der Waals surface area contributed by atoms with Crippen LogP contribution in [0.5, 0.6) is 0 Å². The lowest BCUT2D eigenvalue weighted by atomic mass is 9.72. The zero-order chi connectivity index (χ0) is 13.4. The zero-order valence-corrected chi connectivity index (χ0v) is 10.5. The van der Waals surface area contributed by atoms with Gasteiger partial charge in [0.05, 0.1) is 10.4 Å². The predicted molar refractivity (Wildman–Crippen MR) is 62.4 cm³/mol. The Kier molecular flexibility index (Phi) is 3.50. The average molecular weight is 261 g/mol. The van der Waals surface area contributed by atoms with Gasteiger partial charge < -0.3 is 10.2 Å². The fraction of sp³-hybridized carbons (Fsp3) is 0.417. The van der Waals surface area contributed by atoms with Crippen LogP contribution in [0, 0.1) is 11.2 Å². The first kappa shape index (κ1) is 13.9. The van der Waals surface area contributed by atoms with Crippen molar-refractivity contribution in [1.29, 1.82) is 0 Å². The molecule has 94 valence electrons. The molecule has 0 amide bonds. The Morgan fingerprint density at radius 1 is 1.35 bits per heavy atom. The van der Waals surface area contributed by atoms with Crippen LogP contribution >= 0.6 is 11.6 Å². The van der Waals surface area contributed by atoms with Crippen molar-refractivity contribution in [2.45, 2.75) is 26.4 Å². The van der Waals surface area contributed by atoms with Crippen molar-refractivity contribution < 1.29 is 19.4 Å². The lowest BCUT2D eigenvalue weighted by molar-refractivity contribution is -0.164. The minimum atomic E-state index is -1.66. The summed E-state index contributed by atoms with van der Waals surface area (Å²) in [4.78, 5) is 11.1. The first-order chi connectivity index (χ1) is 7.60. The number of carboxylic acid groups (broad SMARTS) is 1. The van der Waals surface area contributed by atoms with E-state index in [-0.39, 0.29) is 10.6 Å². The van der Waals surface area contributed by atoms with E-state index in [0.29, 0.717) is 0 Å². The molecule has 0 saturated heterocycles. The van der Waals surface area contributed by atoms with E-state index in [1.807, 2.05) is 0 Å². The molecule has 0 aromatic heterocycles. The number of hydrogen-bond donors (Lipinski definition) is 2.